The number of hydrogen-bond acceptors (Lipinski definition) is 3. The van der Waals surface area contributed by atoms with Crippen LogP contribution in [0.4, 0.5) is 10.5 Å². The molecule has 1 aliphatic rings. The van der Waals surface area contributed by atoms with Crippen molar-refractivity contribution in [3.05, 3.63) is 54.5 Å². The molecule has 6 heteroatoms. The number of urea groups is 1. The Morgan fingerprint density at radius 2 is 2.12 bits per heavy atom. The first-order valence-corrected chi connectivity index (χ1v) is 8.12. The normalized spacial score (nSPS) is 17.1. The number of hydrogen-bond donors (Lipinski definition) is 1. The number of carbonyl (C=O) groups is 2. The zero-order chi connectivity index (χ0) is 16.9. The fourth-order valence-electron chi connectivity index (χ4n) is 3.00. The van der Waals surface area contributed by atoms with E-state index in [0.29, 0.717) is 26.1 Å². The molecule has 2 aromatic rings. The second-order valence-corrected chi connectivity index (χ2v) is 5.71. The summed E-state index contributed by atoms with van der Waals surface area (Å²) in [5.74, 6) is -0.0264. The minimum absolute atomic E-state index is 0.0264. The fraction of sp³-hybridized carbons (Fsp3) is 0.333. The summed E-state index contributed by atoms with van der Waals surface area (Å²) in [6, 6.07) is 10.7. The lowest BCUT2D eigenvalue weighted by Crippen LogP contribution is -2.49. The minimum Gasteiger partial charge on any atom is -0.472 e. The van der Waals surface area contributed by atoms with Gasteiger partial charge in [0.25, 0.3) is 0 Å². The summed E-state index contributed by atoms with van der Waals surface area (Å²) in [6.45, 7) is 3.38. The van der Waals surface area contributed by atoms with E-state index in [1.54, 1.807) is 28.4 Å². The summed E-state index contributed by atoms with van der Waals surface area (Å²) in [7, 11) is 0. The molecular formula is C18H21N3O3. The molecule has 1 saturated heterocycles. The minimum atomic E-state index is -0.417. The van der Waals surface area contributed by atoms with Crippen molar-refractivity contribution >= 4 is 17.6 Å². The molecule has 0 unspecified atom stereocenters. The maximum absolute atomic E-state index is 12.7. The van der Waals surface area contributed by atoms with Gasteiger partial charge in [0.1, 0.15) is 6.04 Å². The first-order chi connectivity index (χ1) is 11.7. The SMILES string of the molecule is CCN(C(=O)NCc1ccoc1)[C@H]1CCN(c2ccccc2)C1=O. The van der Waals surface area contributed by atoms with Crippen LogP contribution in [-0.2, 0) is 11.3 Å². The van der Waals surface area contributed by atoms with E-state index in [1.165, 1.54) is 0 Å². The summed E-state index contributed by atoms with van der Waals surface area (Å²) in [4.78, 5) is 28.5. The first kappa shape index (κ1) is 16.1. The lowest BCUT2D eigenvalue weighted by atomic mass is 10.2. The summed E-state index contributed by atoms with van der Waals surface area (Å²) in [5.41, 5.74) is 1.77. The Morgan fingerprint density at radius 3 is 2.79 bits per heavy atom. The Hall–Kier alpha value is -2.76. The molecule has 24 heavy (non-hydrogen) atoms. The third-order valence-electron chi connectivity index (χ3n) is 4.25. The Balaban J connectivity index is 1.65. The molecule has 1 N–H and O–H groups in total. The van der Waals surface area contributed by atoms with Crippen molar-refractivity contribution in [1.29, 1.82) is 0 Å². The predicted octanol–water partition coefficient (Wildman–Crippen LogP) is 2.62. The van der Waals surface area contributed by atoms with Crippen LogP contribution in [-0.4, -0.2) is 36.0 Å². The van der Waals surface area contributed by atoms with Gasteiger partial charge in [-0.3, -0.25) is 4.79 Å². The maximum atomic E-state index is 12.7. The molecule has 1 aromatic heterocycles. The van der Waals surface area contributed by atoms with Crippen LogP contribution in [0, 0.1) is 0 Å². The standard InChI is InChI=1S/C18H21N3O3/c1-2-20(18(23)19-12-14-9-11-24-13-14)16-8-10-21(17(16)22)15-6-4-3-5-7-15/h3-7,9,11,13,16H,2,8,10,12H2,1H3,(H,19,23)/t16-/m0/s1. The number of furan rings is 1. The van der Waals surface area contributed by atoms with Gasteiger partial charge in [0.05, 0.1) is 12.5 Å². The van der Waals surface area contributed by atoms with Gasteiger partial charge >= 0.3 is 6.03 Å². The Bertz CT molecular complexity index is 685. The largest absolute Gasteiger partial charge is 0.472 e. The highest BCUT2D eigenvalue weighted by Crippen LogP contribution is 2.24. The third-order valence-corrected chi connectivity index (χ3v) is 4.25. The molecule has 126 valence electrons. The van der Waals surface area contributed by atoms with Crippen molar-refractivity contribution < 1.29 is 14.0 Å². The Morgan fingerprint density at radius 1 is 1.33 bits per heavy atom. The number of benzene rings is 1. The molecule has 1 aromatic carbocycles. The van der Waals surface area contributed by atoms with Gasteiger partial charge in [0.2, 0.25) is 5.91 Å². The molecule has 1 fully saturated rings. The van der Waals surface area contributed by atoms with Gasteiger partial charge < -0.3 is 19.5 Å². The van der Waals surface area contributed by atoms with Gasteiger partial charge in [-0.2, -0.15) is 0 Å². The van der Waals surface area contributed by atoms with E-state index in [0.717, 1.165) is 11.3 Å². The molecule has 1 atom stereocenters. The van der Waals surface area contributed by atoms with E-state index in [1.807, 2.05) is 37.3 Å². The number of likely N-dealkylation sites (N-methyl/N-ethyl adjacent to an activating group) is 1. The van der Waals surface area contributed by atoms with Gasteiger partial charge in [0, 0.05) is 30.9 Å². The van der Waals surface area contributed by atoms with E-state index in [4.69, 9.17) is 4.42 Å². The molecule has 0 aliphatic carbocycles. The molecular weight excluding hydrogens is 306 g/mol. The third kappa shape index (κ3) is 3.27. The molecule has 0 spiro atoms. The van der Waals surface area contributed by atoms with Crippen LogP contribution in [0.3, 0.4) is 0 Å². The topological polar surface area (TPSA) is 65.8 Å². The van der Waals surface area contributed by atoms with E-state index in [2.05, 4.69) is 5.32 Å². The van der Waals surface area contributed by atoms with Crippen molar-refractivity contribution in [3.63, 3.8) is 0 Å². The number of amides is 3. The van der Waals surface area contributed by atoms with Gasteiger partial charge in [-0.15, -0.1) is 0 Å². The number of para-hydroxylation sites is 1. The van der Waals surface area contributed by atoms with Gasteiger partial charge in [-0.05, 0) is 31.5 Å². The lowest BCUT2D eigenvalue weighted by Gasteiger charge is -2.27. The fourth-order valence-corrected chi connectivity index (χ4v) is 3.00. The second-order valence-electron chi connectivity index (χ2n) is 5.71. The zero-order valence-corrected chi connectivity index (χ0v) is 13.6. The Kier molecular flexibility index (Phi) is 4.84. The highest BCUT2D eigenvalue weighted by atomic mass is 16.3. The van der Waals surface area contributed by atoms with Crippen LogP contribution >= 0.6 is 0 Å². The lowest BCUT2D eigenvalue weighted by molar-refractivity contribution is -0.120. The van der Waals surface area contributed by atoms with Gasteiger partial charge in [-0.25, -0.2) is 4.79 Å². The molecule has 2 heterocycles. The van der Waals surface area contributed by atoms with Crippen LogP contribution in [0.15, 0.2) is 53.3 Å². The summed E-state index contributed by atoms with van der Waals surface area (Å²) in [6.07, 6.45) is 3.80. The van der Waals surface area contributed by atoms with Crippen LogP contribution in [0.25, 0.3) is 0 Å². The number of rotatable bonds is 5. The van der Waals surface area contributed by atoms with Crippen LogP contribution in [0.1, 0.15) is 18.9 Å². The van der Waals surface area contributed by atoms with Crippen LogP contribution in [0.2, 0.25) is 0 Å². The van der Waals surface area contributed by atoms with Crippen molar-refractivity contribution in [3.8, 4) is 0 Å². The maximum Gasteiger partial charge on any atom is 0.318 e. The highest BCUT2D eigenvalue weighted by molar-refractivity contribution is 6.01. The van der Waals surface area contributed by atoms with Crippen LogP contribution < -0.4 is 10.2 Å². The number of anilines is 1. The summed E-state index contributed by atoms with van der Waals surface area (Å²) >= 11 is 0. The molecule has 0 bridgehead atoms. The van der Waals surface area contributed by atoms with E-state index < -0.39 is 6.04 Å². The van der Waals surface area contributed by atoms with Gasteiger partial charge in [0.15, 0.2) is 0 Å². The van der Waals surface area contributed by atoms with Crippen molar-refractivity contribution in [2.75, 3.05) is 18.0 Å². The quantitative estimate of drug-likeness (QED) is 0.918. The highest BCUT2D eigenvalue weighted by Gasteiger charge is 2.38. The molecule has 3 rings (SSSR count). The van der Waals surface area contributed by atoms with E-state index >= 15 is 0 Å². The van der Waals surface area contributed by atoms with Gasteiger partial charge in [-0.1, -0.05) is 18.2 Å². The molecule has 3 amide bonds. The Labute approximate surface area is 141 Å². The zero-order valence-electron chi connectivity index (χ0n) is 13.6. The summed E-state index contributed by atoms with van der Waals surface area (Å²) < 4.78 is 4.99. The van der Waals surface area contributed by atoms with E-state index in [9.17, 15) is 9.59 Å². The van der Waals surface area contributed by atoms with Crippen molar-refractivity contribution in [2.45, 2.75) is 25.9 Å². The average Bonchev–Trinajstić information content (AvgIpc) is 3.25. The smallest absolute Gasteiger partial charge is 0.318 e. The van der Waals surface area contributed by atoms with Crippen LogP contribution in [0.5, 0.6) is 0 Å². The number of carbonyl (C=O) groups excluding carboxylic acids is 2. The molecule has 6 nitrogen and oxygen atoms in total. The van der Waals surface area contributed by atoms with Crippen molar-refractivity contribution in [1.82, 2.24) is 10.2 Å². The van der Waals surface area contributed by atoms with E-state index in [-0.39, 0.29) is 11.9 Å². The monoisotopic (exact) mass is 327 g/mol. The molecule has 0 radical (unpaired) electrons. The predicted molar refractivity (Wildman–Crippen MR) is 90.5 cm³/mol. The number of nitrogens with one attached hydrogen (secondary N) is 1. The average molecular weight is 327 g/mol. The second kappa shape index (κ2) is 7.21. The number of nitrogens with zero attached hydrogens (tertiary/aromatic N) is 2. The summed E-state index contributed by atoms with van der Waals surface area (Å²) in [5, 5.41) is 2.84. The first-order valence-electron chi connectivity index (χ1n) is 8.12. The van der Waals surface area contributed by atoms with Crippen molar-refractivity contribution in [2.24, 2.45) is 0 Å². The molecule has 0 saturated carbocycles. The molecule has 1 aliphatic heterocycles.